The number of nitrogens with zero attached hydrogens (tertiary/aromatic N) is 1. The van der Waals surface area contributed by atoms with Gasteiger partial charge in [0.05, 0.1) is 23.7 Å². The predicted molar refractivity (Wildman–Crippen MR) is 83.7 cm³/mol. The van der Waals surface area contributed by atoms with Gasteiger partial charge in [0.15, 0.2) is 0 Å². The average Bonchev–Trinajstić information content (AvgIpc) is 2.82. The van der Waals surface area contributed by atoms with Gasteiger partial charge in [0, 0.05) is 0 Å². The molecule has 4 rings (SSSR count). The highest BCUT2D eigenvalue weighted by atomic mass is 16.3. The molecule has 3 heteroatoms. The molecule has 3 saturated carbocycles. The summed E-state index contributed by atoms with van der Waals surface area (Å²) in [7, 11) is 0. The Morgan fingerprint density at radius 2 is 1.91 bits per heavy atom. The first-order chi connectivity index (χ1) is 10.5. The van der Waals surface area contributed by atoms with Gasteiger partial charge in [-0.15, -0.1) is 0 Å². The molecular weight excluding hydrogens is 274 g/mol. The van der Waals surface area contributed by atoms with Crippen molar-refractivity contribution in [3.8, 4) is 6.07 Å². The Morgan fingerprint density at radius 3 is 2.68 bits per heavy atom. The van der Waals surface area contributed by atoms with Crippen LogP contribution in [-0.4, -0.2) is 22.4 Å². The van der Waals surface area contributed by atoms with Crippen molar-refractivity contribution in [3.05, 3.63) is 11.6 Å². The van der Waals surface area contributed by atoms with Crippen LogP contribution in [0.2, 0.25) is 0 Å². The normalized spacial score (nSPS) is 53.7. The average molecular weight is 301 g/mol. The minimum atomic E-state index is -0.352. The summed E-state index contributed by atoms with van der Waals surface area (Å²) in [5, 5.41) is 30.5. The third kappa shape index (κ3) is 1.74. The van der Waals surface area contributed by atoms with Gasteiger partial charge in [-0.2, -0.15) is 5.26 Å². The Labute approximate surface area is 133 Å². The molecule has 0 bridgehead atoms. The van der Waals surface area contributed by atoms with E-state index in [1.165, 1.54) is 5.57 Å². The predicted octanol–water partition coefficient (Wildman–Crippen LogP) is 3.17. The first-order valence-corrected chi connectivity index (χ1v) is 9.00. The minimum Gasteiger partial charge on any atom is -0.393 e. The van der Waals surface area contributed by atoms with Crippen molar-refractivity contribution in [2.24, 2.45) is 28.6 Å². The molecule has 0 radical (unpaired) electrons. The standard InChI is InChI=1S/C19H27NO2/c1-18-8-7-16-14(15(18)4-5-17(18)22)3-2-12-10-13(21)6-9-19(12,16)11-20/h10,13-17,21-22H,2-9H2,1H3/t13-,14-,15-,16-,17-,18-,19+/m0/s1. The number of hydrogen-bond acceptors (Lipinski definition) is 3. The number of hydrogen-bond donors (Lipinski definition) is 2. The SMILES string of the molecule is C[C@]12CC[C@H]3[C@@H](CCC4=C[C@@H](O)CC[C@@]43C#N)[C@@H]1CC[C@@H]2O. The summed E-state index contributed by atoms with van der Waals surface area (Å²) in [6.07, 6.45) is 9.32. The van der Waals surface area contributed by atoms with Crippen LogP contribution in [0.5, 0.6) is 0 Å². The van der Waals surface area contributed by atoms with Gasteiger partial charge in [-0.3, -0.25) is 0 Å². The number of nitriles is 1. The smallest absolute Gasteiger partial charge is 0.0815 e. The van der Waals surface area contributed by atoms with E-state index in [1.807, 2.05) is 6.08 Å². The van der Waals surface area contributed by atoms with Gasteiger partial charge in [0.2, 0.25) is 0 Å². The van der Waals surface area contributed by atoms with Crippen LogP contribution in [-0.2, 0) is 0 Å². The van der Waals surface area contributed by atoms with E-state index < -0.39 is 0 Å². The fourth-order valence-electron chi connectivity index (χ4n) is 6.54. The number of rotatable bonds is 0. The fourth-order valence-corrected chi connectivity index (χ4v) is 6.54. The van der Waals surface area contributed by atoms with E-state index in [2.05, 4.69) is 13.0 Å². The first-order valence-electron chi connectivity index (χ1n) is 9.00. The third-order valence-electron chi connectivity index (χ3n) is 7.77. The second-order valence-electron chi connectivity index (χ2n) is 8.43. The summed E-state index contributed by atoms with van der Waals surface area (Å²) >= 11 is 0. The summed E-state index contributed by atoms with van der Waals surface area (Å²) in [6, 6.07) is 2.70. The van der Waals surface area contributed by atoms with Gasteiger partial charge < -0.3 is 10.2 Å². The van der Waals surface area contributed by atoms with Gasteiger partial charge in [0.1, 0.15) is 0 Å². The molecule has 0 aromatic carbocycles. The lowest BCUT2D eigenvalue weighted by Crippen LogP contribution is -2.52. The molecule has 0 aromatic heterocycles. The molecule has 0 heterocycles. The molecule has 22 heavy (non-hydrogen) atoms. The molecule has 2 N–H and O–H groups in total. The Morgan fingerprint density at radius 1 is 1.09 bits per heavy atom. The lowest BCUT2D eigenvalue weighted by atomic mass is 9.47. The van der Waals surface area contributed by atoms with Crippen molar-refractivity contribution in [3.63, 3.8) is 0 Å². The Kier molecular flexibility index (Phi) is 3.23. The molecular formula is C19H27NO2. The summed E-state index contributed by atoms with van der Waals surface area (Å²) in [6.45, 7) is 2.28. The van der Waals surface area contributed by atoms with Gasteiger partial charge >= 0.3 is 0 Å². The fraction of sp³-hybridized carbons (Fsp3) is 0.842. The molecule has 4 aliphatic rings. The third-order valence-corrected chi connectivity index (χ3v) is 7.77. The number of allylic oxidation sites excluding steroid dienone is 1. The summed E-state index contributed by atoms with van der Waals surface area (Å²) < 4.78 is 0. The highest BCUT2D eigenvalue weighted by Gasteiger charge is 2.60. The first kappa shape index (κ1) is 14.7. The van der Waals surface area contributed by atoms with Crippen molar-refractivity contribution < 1.29 is 10.2 Å². The van der Waals surface area contributed by atoms with Crippen molar-refractivity contribution in [2.45, 2.75) is 70.5 Å². The number of aliphatic hydroxyl groups excluding tert-OH is 2. The second-order valence-corrected chi connectivity index (χ2v) is 8.43. The number of aliphatic hydroxyl groups is 2. The summed E-state index contributed by atoms with van der Waals surface area (Å²) in [5.41, 5.74) is 0.974. The summed E-state index contributed by atoms with van der Waals surface area (Å²) in [5.74, 6) is 1.61. The van der Waals surface area contributed by atoms with E-state index in [0.29, 0.717) is 17.8 Å². The van der Waals surface area contributed by atoms with Crippen LogP contribution in [0.25, 0.3) is 0 Å². The van der Waals surface area contributed by atoms with Gasteiger partial charge in [-0.05, 0) is 74.5 Å². The second kappa shape index (κ2) is 4.82. The summed E-state index contributed by atoms with van der Waals surface area (Å²) in [4.78, 5) is 0. The zero-order chi connectivity index (χ0) is 15.5. The molecule has 0 aromatic rings. The maximum atomic E-state index is 10.5. The van der Waals surface area contributed by atoms with Crippen molar-refractivity contribution in [2.75, 3.05) is 0 Å². The van der Waals surface area contributed by atoms with Crippen LogP contribution < -0.4 is 0 Å². The molecule has 3 fully saturated rings. The number of fused-ring (bicyclic) bond motifs is 5. The minimum absolute atomic E-state index is 0.0766. The van der Waals surface area contributed by atoms with Crippen LogP contribution in [0.4, 0.5) is 0 Å². The molecule has 7 atom stereocenters. The maximum Gasteiger partial charge on any atom is 0.0815 e. The topological polar surface area (TPSA) is 64.2 Å². The molecule has 0 spiro atoms. The lowest BCUT2D eigenvalue weighted by molar-refractivity contribution is -0.0676. The highest BCUT2D eigenvalue weighted by Crippen LogP contribution is 2.65. The van der Waals surface area contributed by atoms with E-state index in [-0.39, 0.29) is 23.0 Å². The molecule has 120 valence electrons. The highest BCUT2D eigenvalue weighted by molar-refractivity contribution is 5.33. The molecule has 3 nitrogen and oxygen atoms in total. The van der Waals surface area contributed by atoms with Crippen LogP contribution in [0, 0.1) is 39.9 Å². The van der Waals surface area contributed by atoms with E-state index >= 15 is 0 Å². The van der Waals surface area contributed by atoms with E-state index in [1.54, 1.807) is 0 Å². The molecule has 0 aliphatic heterocycles. The van der Waals surface area contributed by atoms with Gasteiger partial charge in [-0.25, -0.2) is 0 Å². The monoisotopic (exact) mass is 301 g/mol. The van der Waals surface area contributed by atoms with Crippen molar-refractivity contribution in [1.82, 2.24) is 0 Å². The zero-order valence-corrected chi connectivity index (χ0v) is 13.5. The van der Waals surface area contributed by atoms with Crippen LogP contribution >= 0.6 is 0 Å². The van der Waals surface area contributed by atoms with Crippen molar-refractivity contribution in [1.29, 1.82) is 5.26 Å². The molecule has 0 saturated heterocycles. The molecule has 0 amide bonds. The maximum absolute atomic E-state index is 10.5. The Bertz CT molecular complexity index is 550. The zero-order valence-electron chi connectivity index (χ0n) is 13.5. The van der Waals surface area contributed by atoms with Gasteiger partial charge in [0.25, 0.3) is 0 Å². The van der Waals surface area contributed by atoms with Crippen LogP contribution in [0.3, 0.4) is 0 Å². The van der Waals surface area contributed by atoms with Gasteiger partial charge in [-0.1, -0.05) is 18.6 Å². The molecule has 0 unspecified atom stereocenters. The largest absolute Gasteiger partial charge is 0.393 e. The van der Waals surface area contributed by atoms with E-state index in [0.717, 1.165) is 51.4 Å². The van der Waals surface area contributed by atoms with Crippen molar-refractivity contribution >= 4 is 0 Å². The lowest BCUT2D eigenvalue weighted by Gasteiger charge is -2.56. The quantitative estimate of drug-likeness (QED) is 0.675. The van der Waals surface area contributed by atoms with E-state index in [4.69, 9.17) is 0 Å². The Balaban J connectivity index is 1.72. The van der Waals surface area contributed by atoms with Crippen LogP contribution in [0.1, 0.15) is 58.3 Å². The molecule has 4 aliphatic carbocycles. The van der Waals surface area contributed by atoms with E-state index in [9.17, 15) is 15.5 Å². The van der Waals surface area contributed by atoms with Crippen LogP contribution in [0.15, 0.2) is 11.6 Å². The Hall–Kier alpha value is -0.850.